The van der Waals surface area contributed by atoms with E-state index in [0.717, 1.165) is 35.7 Å². The van der Waals surface area contributed by atoms with Gasteiger partial charge in [0.2, 0.25) is 0 Å². The number of unbranched alkanes of at least 4 members (excludes halogenated alkanes) is 1. The highest BCUT2D eigenvalue weighted by Gasteiger charge is 2.37. The van der Waals surface area contributed by atoms with E-state index >= 15 is 0 Å². The number of benzene rings is 1. The SMILES string of the molecule is CCCCOc1ccc(-c2ccc3c(c2)C(C)(C)CCC3(C)C)nc1N1CCN(C(=O)OC(C)(C)C)CC1. The van der Waals surface area contributed by atoms with Crippen molar-refractivity contribution in [2.75, 3.05) is 37.7 Å². The Labute approximate surface area is 229 Å². The molecule has 0 radical (unpaired) electrons. The van der Waals surface area contributed by atoms with Crippen molar-refractivity contribution >= 4 is 11.9 Å². The summed E-state index contributed by atoms with van der Waals surface area (Å²) in [6.45, 7) is 20.5. The molecule has 0 N–H and O–H groups in total. The summed E-state index contributed by atoms with van der Waals surface area (Å²) in [5, 5.41) is 0. The van der Waals surface area contributed by atoms with Crippen LogP contribution < -0.4 is 9.64 Å². The fraction of sp³-hybridized carbons (Fsp3) is 0.625. The second-order valence-corrected chi connectivity index (χ2v) is 13.2. The van der Waals surface area contributed by atoms with Gasteiger partial charge in [0.1, 0.15) is 5.60 Å². The lowest BCUT2D eigenvalue weighted by molar-refractivity contribution is 0.0240. The molecular formula is C32H47N3O3. The van der Waals surface area contributed by atoms with Crippen LogP contribution in [0.2, 0.25) is 0 Å². The number of amides is 1. The summed E-state index contributed by atoms with van der Waals surface area (Å²) in [6, 6.07) is 11.1. The van der Waals surface area contributed by atoms with Crippen molar-refractivity contribution in [1.29, 1.82) is 0 Å². The van der Waals surface area contributed by atoms with Crippen molar-refractivity contribution in [3.05, 3.63) is 41.5 Å². The predicted octanol–water partition coefficient (Wildman–Crippen LogP) is 7.33. The van der Waals surface area contributed by atoms with Crippen LogP contribution in [-0.2, 0) is 15.6 Å². The lowest BCUT2D eigenvalue weighted by Crippen LogP contribution is -2.50. The number of pyridine rings is 1. The van der Waals surface area contributed by atoms with E-state index in [-0.39, 0.29) is 16.9 Å². The molecule has 6 heteroatoms. The van der Waals surface area contributed by atoms with E-state index in [2.05, 4.69) is 69.9 Å². The van der Waals surface area contributed by atoms with Crippen LogP contribution in [0.1, 0.15) is 92.2 Å². The Hall–Kier alpha value is -2.76. The Bertz CT molecular complexity index is 1140. The second kappa shape index (κ2) is 10.8. The van der Waals surface area contributed by atoms with Gasteiger partial charge in [-0.25, -0.2) is 9.78 Å². The van der Waals surface area contributed by atoms with E-state index in [1.807, 2.05) is 20.8 Å². The second-order valence-electron chi connectivity index (χ2n) is 13.2. The molecule has 2 aliphatic rings. The van der Waals surface area contributed by atoms with Crippen LogP contribution in [-0.4, -0.2) is 54.4 Å². The van der Waals surface area contributed by atoms with Crippen molar-refractivity contribution in [1.82, 2.24) is 9.88 Å². The summed E-state index contributed by atoms with van der Waals surface area (Å²) in [7, 11) is 0. The minimum absolute atomic E-state index is 0.144. The Kier molecular flexibility index (Phi) is 8.02. The Morgan fingerprint density at radius 3 is 2.24 bits per heavy atom. The number of carbonyl (C=O) groups excluding carboxylic acids is 1. The van der Waals surface area contributed by atoms with E-state index < -0.39 is 5.60 Å². The number of hydrogen-bond acceptors (Lipinski definition) is 5. The van der Waals surface area contributed by atoms with E-state index in [1.54, 1.807) is 4.90 Å². The molecule has 1 aliphatic heterocycles. The third-order valence-electron chi connectivity index (χ3n) is 7.97. The Balaban J connectivity index is 1.62. The first-order chi connectivity index (χ1) is 17.8. The van der Waals surface area contributed by atoms with Gasteiger partial charge >= 0.3 is 6.09 Å². The van der Waals surface area contributed by atoms with E-state index in [9.17, 15) is 4.79 Å². The largest absolute Gasteiger partial charge is 0.490 e. The summed E-state index contributed by atoms with van der Waals surface area (Å²) in [5.74, 6) is 1.67. The number of ether oxygens (including phenoxy) is 2. The van der Waals surface area contributed by atoms with Crippen LogP contribution in [0.3, 0.4) is 0 Å². The van der Waals surface area contributed by atoms with Crippen molar-refractivity contribution in [3.8, 4) is 17.0 Å². The highest BCUT2D eigenvalue weighted by molar-refractivity contribution is 5.70. The molecule has 0 spiro atoms. The number of hydrogen-bond donors (Lipinski definition) is 0. The van der Waals surface area contributed by atoms with Gasteiger partial charge in [-0.2, -0.15) is 0 Å². The zero-order chi connectivity index (χ0) is 27.7. The van der Waals surface area contributed by atoms with E-state index in [4.69, 9.17) is 14.5 Å². The van der Waals surface area contributed by atoms with Crippen LogP contribution >= 0.6 is 0 Å². The molecule has 1 aromatic heterocycles. The highest BCUT2D eigenvalue weighted by atomic mass is 16.6. The summed E-state index contributed by atoms with van der Waals surface area (Å²) in [4.78, 5) is 21.8. The molecule has 4 rings (SSSR count). The molecule has 6 nitrogen and oxygen atoms in total. The maximum Gasteiger partial charge on any atom is 0.410 e. The summed E-state index contributed by atoms with van der Waals surface area (Å²) >= 11 is 0. The smallest absolute Gasteiger partial charge is 0.410 e. The molecule has 1 aliphatic carbocycles. The minimum Gasteiger partial charge on any atom is -0.490 e. The molecule has 0 saturated carbocycles. The van der Waals surface area contributed by atoms with Crippen molar-refractivity contribution in [3.63, 3.8) is 0 Å². The van der Waals surface area contributed by atoms with Crippen LogP contribution in [0.15, 0.2) is 30.3 Å². The molecule has 1 aromatic carbocycles. The number of carbonyl (C=O) groups is 1. The number of fused-ring (bicyclic) bond motifs is 1. The average Bonchev–Trinajstić information content (AvgIpc) is 2.86. The zero-order valence-corrected chi connectivity index (χ0v) is 24.8. The van der Waals surface area contributed by atoms with E-state index in [0.29, 0.717) is 32.8 Å². The van der Waals surface area contributed by atoms with Gasteiger partial charge in [-0.3, -0.25) is 0 Å². The van der Waals surface area contributed by atoms with Gasteiger partial charge in [0.15, 0.2) is 11.6 Å². The van der Waals surface area contributed by atoms with Crippen LogP contribution in [0.4, 0.5) is 10.6 Å². The van der Waals surface area contributed by atoms with Crippen LogP contribution in [0.25, 0.3) is 11.3 Å². The predicted molar refractivity (Wildman–Crippen MR) is 155 cm³/mol. The number of rotatable bonds is 6. The molecule has 208 valence electrons. The molecular weight excluding hydrogens is 474 g/mol. The maximum absolute atomic E-state index is 12.6. The van der Waals surface area contributed by atoms with Crippen molar-refractivity contribution < 1.29 is 14.3 Å². The van der Waals surface area contributed by atoms with Crippen LogP contribution in [0, 0.1) is 0 Å². The first-order valence-electron chi connectivity index (χ1n) is 14.3. The average molecular weight is 522 g/mol. The molecule has 0 unspecified atom stereocenters. The van der Waals surface area contributed by atoms with E-state index in [1.165, 1.54) is 24.0 Å². The zero-order valence-electron chi connectivity index (χ0n) is 24.8. The number of nitrogens with zero attached hydrogens (tertiary/aromatic N) is 3. The summed E-state index contributed by atoms with van der Waals surface area (Å²) in [5.41, 5.74) is 4.82. The molecule has 1 amide bonds. The molecule has 2 heterocycles. The Morgan fingerprint density at radius 2 is 1.61 bits per heavy atom. The van der Waals surface area contributed by atoms with Gasteiger partial charge in [-0.15, -0.1) is 0 Å². The van der Waals surface area contributed by atoms with Crippen molar-refractivity contribution in [2.45, 2.75) is 97.5 Å². The molecule has 2 aromatic rings. The fourth-order valence-electron chi connectivity index (χ4n) is 5.44. The number of anilines is 1. The van der Waals surface area contributed by atoms with Gasteiger partial charge in [-0.1, -0.05) is 53.2 Å². The topological polar surface area (TPSA) is 54.9 Å². The lowest BCUT2D eigenvalue weighted by atomic mass is 9.63. The summed E-state index contributed by atoms with van der Waals surface area (Å²) in [6.07, 6.45) is 4.22. The van der Waals surface area contributed by atoms with Gasteiger partial charge in [0.25, 0.3) is 0 Å². The monoisotopic (exact) mass is 521 g/mol. The highest BCUT2D eigenvalue weighted by Crippen LogP contribution is 2.47. The first-order valence-corrected chi connectivity index (χ1v) is 14.3. The quantitative estimate of drug-likeness (QED) is 0.372. The van der Waals surface area contributed by atoms with Crippen LogP contribution in [0.5, 0.6) is 5.75 Å². The third-order valence-corrected chi connectivity index (χ3v) is 7.97. The first kappa shape index (κ1) is 28.3. The van der Waals surface area contributed by atoms with Gasteiger partial charge in [0, 0.05) is 31.7 Å². The molecule has 0 bridgehead atoms. The minimum atomic E-state index is -0.497. The lowest BCUT2D eigenvalue weighted by Gasteiger charge is -2.42. The normalized spacial score (nSPS) is 18.6. The Morgan fingerprint density at radius 1 is 0.947 bits per heavy atom. The maximum atomic E-state index is 12.6. The molecule has 0 atom stereocenters. The third kappa shape index (κ3) is 6.27. The number of piperazine rings is 1. The van der Waals surface area contributed by atoms with Gasteiger partial charge in [-0.05, 0) is 80.2 Å². The molecule has 1 saturated heterocycles. The van der Waals surface area contributed by atoms with Gasteiger partial charge in [0.05, 0.1) is 12.3 Å². The van der Waals surface area contributed by atoms with Crippen molar-refractivity contribution in [2.24, 2.45) is 0 Å². The molecule has 1 fully saturated rings. The molecule has 38 heavy (non-hydrogen) atoms. The summed E-state index contributed by atoms with van der Waals surface area (Å²) < 4.78 is 11.8. The standard InChI is InChI=1S/C32H47N3O3/c1-9-10-21-37-27-14-13-26(23-11-12-24-25(22-23)32(7,8)16-15-31(24,5)6)33-28(27)34-17-19-35(20-18-34)29(36)38-30(2,3)4/h11-14,22H,9-10,15-21H2,1-8H3. The fourth-order valence-corrected chi connectivity index (χ4v) is 5.44. The number of aromatic nitrogens is 1. The van der Waals surface area contributed by atoms with Gasteiger partial charge < -0.3 is 19.3 Å².